The van der Waals surface area contributed by atoms with Crippen LogP contribution in [0.2, 0.25) is 0 Å². The van der Waals surface area contributed by atoms with Crippen LogP contribution in [0.15, 0.2) is 42.0 Å². The quantitative estimate of drug-likeness (QED) is 0.261. The van der Waals surface area contributed by atoms with Crippen LogP contribution in [0.5, 0.6) is 17.2 Å². The molecule has 0 amide bonds. The second-order valence-electron chi connectivity index (χ2n) is 7.92. The highest BCUT2D eigenvalue weighted by Gasteiger charge is 2.19. The molecule has 0 aliphatic carbocycles. The van der Waals surface area contributed by atoms with Gasteiger partial charge < -0.3 is 24.4 Å². The number of phenolic OH excluding ortho intramolecular Hbond substituents is 1. The molecule has 0 atom stereocenters. The van der Waals surface area contributed by atoms with Crippen molar-refractivity contribution in [2.75, 3.05) is 13.4 Å². The number of aromatic nitrogens is 3. The van der Waals surface area contributed by atoms with E-state index in [9.17, 15) is 14.7 Å². The molecule has 1 aliphatic rings. The Labute approximate surface area is 195 Å². The Hall–Kier alpha value is -4.08. The van der Waals surface area contributed by atoms with E-state index in [0.717, 1.165) is 12.0 Å². The lowest BCUT2D eigenvalue weighted by Crippen LogP contribution is -2.07. The van der Waals surface area contributed by atoms with Gasteiger partial charge in [0.25, 0.3) is 0 Å². The Bertz CT molecular complexity index is 1250. The van der Waals surface area contributed by atoms with E-state index < -0.39 is 5.97 Å². The average Bonchev–Trinajstić information content (AvgIpc) is 3.44. The molecule has 0 saturated carbocycles. The van der Waals surface area contributed by atoms with Gasteiger partial charge in [-0.2, -0.15) is 0 Å². The second-order valence-corrected chi connectivity index (χ2v) is 7.92. The third kappa shape index (κ3) is 5.45. The summed E-state index contributed by atoms with van der Waals surface area (Å²) in [7, 11) is 0. The number of esters is 1. The van der Waals surface area contributed by atoms with Gasteiger partial charge in [0.1, 0.15) is 22.5 Å². The summed E-state index contributed by atoms with van der Waals surface area (Å²) in [5.74, 6) is -0.248. The predicted octanol–water partition coefficient (Wildman–Crippen LogP) is 3.53. The van der Waals surface area contributed by atoms with E-state index in [-0.39, 0.29) is 24.9 Å². The number of unbranched alkanes of at least 4 members (excludes halogenated alkanes) is 2. The summed E-state index contributed by atoms with van der Waals surface area (Å²) in [4.78, 5) is 24.1. The van der Waals surface area contributed by atoms with Crippen molar-refractivity contribution in [1.29, 1.82) is 0 Å². The second kappa shape index (κ2) is 10.2. The van der Waals surface area contributed by atoms with Crippen molar-refractivity contribution in [3.05, 3.63) is 47.5 Å². The Kier molecular flexibility index (Phi) is 6.95. The zero-order valence-electron chi connectivity index (χ0n) is 18.7. The highest BCUT2D eigenvalue weighted by molar-refractivity contribution is 5.85. The van der Waals surface area contributed by atoms with Gasteiger partial charge in [0.05, 0.1) is 6.61 Å². The number of aliphatic carboxylic acids is 1. The zero-order chi connectivity index (χ0) is 24.1. The molecule has 0 spiro atoms. The highest BCUT2D eigenvalue weighted by Crippen LogP contribution is 2.39. The molecule has 3 aromatic rings. The lowest BCUT2D eigenvalue weighted by atomic mass is 10.1. The molecule has 178 valence electrons. The number of hydrogen-bond acceptors (Lipinski definition) is 8. The summed E-state index contributed by atoms with van der Waals surface area (Å²) >= 11 is 0. The Morgan fingerprint density at radius 3 is 2.68 bits per heavy atom. The smallest absolute Gasteiger partial charge is 0.330 e. The van der Waals surface area contributed by atoms with Gasteiger partial charge in [0.15, 0.2) is 11.5 Å². The third-order valence-electron chi connectivity index (χ3n) is 5.40. The van der Waals surface area contributed by atoms with Crippen LogP contribution in [0, 0.1) is 0 Å². The molecule has 0 fully saturated rings. The summed E-state index contributed by atoms with van der Waals surface area (Å²) < 4.78 is 15.9. The number of rotatable bonds is 10. The minimum atomic E-state index is -0.918. The Morgan fingerprint density at radius 2 is 1.88 bits per heavy atom. The molecule has 10 heteroatoms. The largest absolute Gasteiger partial charge is 0.505 e. The molecule has 2 heterocycles. The Morgan fingerprint density at radius 1 is 1.12 bits per heavy atom. The first-order valence-corrected chi connectivity index (χ1v) is 11.0. The number of allylic oxidation sites excluding steroid dienone is 1. The van der Waals surface area contributed by atoms with Crippen LogP contribution in [-0.4, -0.2) is 50.5 Å². The fourth-order valence-corrected chi connectivity index (χ4v) is 3.46. The molecule has 10 nitrogen and oxygen atoms in total. The third-order valence-corrected chi connectivity index (χ3v) is 5.40. The first-order valence-electron chi connectivity index (χ1n) is 11.0. The number of nitrogens with zero attached hydrogens (tertiary/aromatic N) is 3. The van der Waals surface area contributed by atoms with Gasteiger partial charge in [-0.25, -0.2) is 4.79 Å². The van der Waals surface area contributed by atoms with Crippen molar-refractivity contribution in [3.63, 3.8) is 0 Å². The molecule has 2 aromatic carbocycles. The van der Waals surface area contributed by atoms with Gasteiger partial charge in [0, 0.05) is 24.1 Å². The van der Waals surface area contributed by atoms with Gasteiger partial charge in [-0.05, 0) is 50.3 Å². The molecule has 4 rings (SSSR count). The molecule has 34 heavy (non-hydrogen) atoms. The molecule has 0 unspecified atom stereocenters. The van der Waals surface area contributed by atoms with Crippen LogP contribution in [-0.2, 0) is 20.7 Å². The number of aryl methyl sites for hydroxylation is 1. The molecular weight excluding hydrogens is 442 g/mol. The fourth-order valence-electron chi connectivity index (χ4n) is 3.46. The SMILES string of the molecule is CC(=CCCCCOC(=O)CCc1ccc2nn(-c3cc4c(cc3O)OCO4)nc2c1)C(=O)O. The summed E-state index contributed by atoms with van der Waals surface area (Å²) in [5, 5.41) is 28.0. The number of carboxylic acids is 1. The molecule has 0 bridgehead atoms. The van der Waals surface area contributed by atoms with Crippen LogP contribution in [0.1, 0.15) is 38.2 Å². The summed E-state index contributed by atoms with van der Waals surface area (Å²) in [5.41, 5.74) is 2.89. The normalized spacial score (nSPS) is 12.8. The first kappa shape index (κ1) is 23.1. The standard InChI is InChI=1S/C24H25N3O7/c1-15(24(30)31)5-3-2-4-10-32-23(29)9-7-16-6-8-17-18(11-16)26-27(25-17)19-12-21-22(13-20(19)28)34-14-33-21/h5-6,8,11-13,28H,2-4,7,9-10,14H2,1H3,(H,30,31). The van der Waals surface area contributed by atoms with Crippen molar-refractivity contribution in [2.45, 2.75) is 39.0 Å². The number of phenols is 1. The Balaban J connectivity index is 1.29. The number of hydrogen-bond donors (Lipinski definition) is 2. The monoisotopic (exact) mass is 467 g/mol. The molecule has 0 saturated heterocycles. The predicted molar refractivity (Wildman–Crippen MR) is 121 cm³/mol. The molecule has 1 aliphatic heterocycles. The maximum absolute atomic E-state index is 12.0. The van der Waals surface area contributed by atoms with Gasteiger partial charge in [-0.3, -0.25) is 4.79 Å². The lowest BCUT2D eigenvalue weighted by molar-refractivity contribution is -0.143. The van der Waals surface area contributed by atoms with Gasteiger partial charge in [-0.15, -0.1) is 15.0 Å². The minimum Gasteiger partial charge on any atom is -0.505 e. The van der Waals surface area contributed by atoms with Crippen molar-refractivity contribution >= 4 is 23.0 Å². The number of benzene rings is 2. The van der Waals surface area contributed by atoms with Gasteiger partial charge in [0.2, 0.25) is 6.79 Å². The van der Waals surface area contributed by atoms with Crippen molar-refractivity contribution in [1.82, 2.24) is 15.0 Å². The van der Waals surface area contributed by atoms with E-state index in [4.69, 9.17) is 19.3 Å². The topological polar surface area (TPSA) is 133 Å². The number of fused-ring (bicyclic) bond motifs is 2. The fraction of sp³-hybridized carbons (Fsp3) is 0.333. The van der Waals surface area contributed by atoms with E-state index in [0.29, 0.717) is 59.7 Å². The molecule has 0 radical (unpaired) electrons. The van der Waals surface area contributed by atoms with Crippen LogP contribution < -0.4 is 9.47 Å². The van der Waals surface area contributed by atoms with E-state index in [1.54, 1.807) is 19.1 Å². The highest BCUT2D eigenvalue weighted by atomic mass is 16.7. The van der Waals surface area contributed by atoms with Crippen LogP contribution in [0.4, 0.5) is 0 Å². The van der Waals surface area contributed by atoms with Gasteiger partial charge in [-0.1, -0.05) is 12.1 Å². The first-order chi connectivity index (χ1) is 16.4. The number of carbonyl (C=O) groups excluding carboxylic acids is 1. The van der Waals surface area contributed by atoms with Crippen LogP contribution in [0.25, 0.3) is 16.7 Å². The summed E-state index contributed by atoms with van der Waals surface area (Å²) in [6.45, 7) is 1.97. The zero-order valence-corrected chi connectivity index (χ0v) is 18.7. The van der Waals surface area contributed by atoms with E-state index >= 15 is 0 Å². The van der Waals surface area contributed by atoms with Crippen molar-refractivity contribution in [2.24, 2.45) is 0 Å². The number of carbonyl (C=O) groups is 2. The van der Waals surface area contributed by atoms with Gasteiger partial charge >= 0.3 is 11.9 Å². The van der Waals surface area contributed by atoms with E-state index in [1.165, 1.54) is 10.9 Å². The maximum Gasteiger partial charge on any atom is 0.330 e. The molecular formula is C24H25N3O7. The van der Waals surface area contributed by atoms with E-state index in [1.807, 2.05) is 18.2 Å². The van der Waals surface area contributed by atoms with E-state index in [2.05, 4.69) is 10.2 Å². The summed E-state index contributed by atoms with van der Waals surface area (Å²) in [6.07, 6.45) is 4.48. The van der Waals surface area contributed by atoms with Crippen LogP contribution in [0.3, 0.4) is 0 Å². The van der Waals surface area contributed by atoms with Crippen molar-refractivity contribution < 1.29 is 34.0 Å². The van der Waals surface area contributed by atoms with Crippen LogP contribution >= 0.6 is 0 Å². The van der Waals surface area contributed by atoms with Crippen molar-refractivity contribution in [3.8, 4) is 22.9 Å². The summed E-state index contributed by atoms with van der Waals surface area (Å²) in [6, 6.07) is 8.64. The number of carboxylic acid groups (broad SMARTS) is 1. The molecule has 1 aromatic heterocycles. The molecule has 2 N–H and O–H groups in total. The number of ether oxygens (including phenoxy) is 3. The minimum absolute atomic E-state index is 0.0273. The average molecular weight is 467 g/mol. The lowest BCUT2D eigenvalue weighted by Gasteiger charge is -2.04. The maximum atomic E-state index is 12.0. The number of aromatic hydroxyl groups is 1.